The highest BCUT2D eigenvalue weighted by atomic mass is 35.5. The molecule has 0 aliphatic heterocycles. The van der Waals surface area contributed by atoms with Gasteiger partial charge in [-0.05, 0) is 30.9 Å². The molecule has 0 heterocycles. The van der Waals surface area contributed by atoms with Crippen LogP contribution in [0.1, 0.15) is 23.2 Å². The first-order chi connectivity index (χ1) is 7.66. The molecule has 1 aromatic rings. The van der Waals surface area contributed by atoms with Crippen LogP contribution in [0.25, 0.3) is 0 Å². The number of hydrogen-bond donors (Lipinski definition) is 0. The highest BCUT2D eigenvalue weighted by molar-refractivity contribution is 6.21. The molecule has 1 aromatic carbocycles. The summed E-state index contributed by atoms with van der Waals surface area (Å²) in [5.41, 5.74) is 0.756. The number of hydrogen-bond acceptors (Lipinski definition) is 1. The number of carbonyl (C=O) groups excluding carboxylic acids is 1. The van der Waals surface area contributed by atoms with Crippen LogP contribution in [-0.2, 0) is 0 Å². The number of nitrogens with zero attached hydrogens (tertiary/aromatic N) is 1. The Morgan fingerprint density at radius 1 is 1.38 bits per heavy atom. The maximum Gasteiger partial charge on any atom is 0.253 e. The van der Waals surface area contributed by atoms with Crippen LogP contribution in [0, 0.1) is 5.92 Å². The molecule has 2 rings (SSSR count). The molecular formula is C13H16ClNO. The fourth-order valence-electron chi connectivity index (χ4n) is 2.07. The molecule has 16 heavy (non-hydrogen) atoms. The van der Waals surface area contributed by atoms with E-state index in [0.29, 0.717) is 11.3 Å². The SMILES string of the molecule is CN(CC1CC(Cl)C1)C(=O)c1ccccc1. The smallest absolute Gasteiger partial charge is 0.253 e. The third kappa shape index (κ3) is 2.56. The van der Waals surface area contributed by atoms with Crippen LogP contribution in [0.15, 0.2) is 30.3 Å². The van der Waals surface area contributed by atoms with Gasteiger partial charge in [0.25, 0.3) is 5.91 Å². The molecule has 1 fully saturated rings. The van der Waals surface area contributed by atoms with Crippen molar-refractivity contribution in [3.05, 3.63) is 35.9 Å². The minimum Gasteiger partial charge on any atom is -0.341 e. The van der Waals surface area contributed by atoms with Crippen molar-refractivity contribution in [2.24, 2.45) is 5.92 Å². The Balaban J connectivity index is 1.90. The number of halogens is 1. The first kappa shape index (κ1) is 11.5. The van der Waals surface area contributed by atoms with E-state index in [1.807, 2.05) is 37.4 Å². The maximum atomic E-state index is 12.0. The Morgan fingerprint density at radius 2 is 2.00 bits per heavy atom. The first-order valence-corrected chi connectivity index (χ1v) is 6.05. The van der Waals surface area contributed by atoms with Gasteiger partial charge in [-0.1, -0.05) is 18.2 Å². The average Bonchev–Trinajstić information content (AvgIpc) is 2.27. The van der Waals surface area contributed by atoms with E-state index >= 15 is 0 Å². The van der Waals surface area contributed by atoms with Crippen LogP contribution in [-0.4, -0.2) is 29.8 Å². The van der Waals surface area contributed by atoms with Gasteiger partial charge in [0.15, 0.2) is 0 Å². The Kier molecular flexibility index (Phi) is 3.49. The van der Waals surface area contributed by atoms with Gasteiger partial charge in [-0.15, -0.1) is 11.6 Å². The Morgan fingerprint density at radius 3 is 2.56 bits per heavy atom. The molecule has 3 heteroatoms. The molecule has 86 valence electrons. The molecule has 1 aliphatic rings. The monoisotopic (exact) mass is 237 g/mol. The fourth-order valence-corrected chi connectivity index (χ4v) is 2.58. The zero-order valence-corrected chi connectivity index (χ0v) is 10.2. The molecule has 0 radical (unpaired) electrons. The van der Waals surface area contributed by atoms with Crippen molar-refractivity contribution in [2.75, 3.05) is 13.6 Å². The third-order valence-electron chi connectivity index (χ3n) is 3.08. The molecular weight excluding hydrogens is 222 g/mol. The standard InChI is InChI=1S/C13H16ClNO/c1-15(9-10-7-12(14)8-10)13(16)11-5-3-2-4-6-11/h2-6,10,12H,7-9H2,1H3. The van der Waals surface area contributed by atoms with Gasteiger partial charge in [-0.3, -0.25) is 4.79 Å². The van der Waals surface area contributed by atoms with Gasteiger partial charge in [0.05, 0.1) is 0 Å². The summed E-state index contributed by atoms with van der Waals surface area (Å²) >= 11 is 5.92. The van der Waals surface area contributed by atoms with Crippen molar-refractivity contribution in [2.45, 2.75) is 18.2 Å². The highest BCUT2D eigenvalue weighted by Gasteiger charge is 2.29. The molecule has 1 amide bonds. The highest BCUT2D eigenvalue weighted by Crippen LogP contribution is 2.32. The van der Waals surface area contributed by atoms with Gasteiger partial charge in [-0.2, -0.15) is 0 Å². The van der Waals surface area contributed by atoms with Gasteiger partial charge in [0, 0.05) is 24.5 Å². The van der Waals surface area contributed by atoms with Crippen molar-refractivity contribution in [1.82, 2.24) is 4.90 Å². The molecule has 0 atom stereocenters. The van der Waals surface area contributed by atoms with Gasteiger partial charge >= 0.3 is 0 Å². The molecule has 1 aliphatic carbocycles. The zero-order chi connectivity index (χ0) is 11.5. The summed E-state index contributed by atoms with van der Waals surface area (Å²) in [7, 11) is 1.86. The topological polar surface area (TPSA) is 20.3 Å². The minimum absolute atomic E-state index is 0.0959. The van der Waals surface area contributed by atoms with E-state index in [4.69, 9.17) is 11.6 Å². The normalized spacial score (nSPS) is 23.6. The Labute approximate surface area is 101 Å². The largest absolute Gasteiger partial charge is 0.341 e. The predicted octanol–water partition coefficient (Wildman–Crippen LogP) is 2.78. The van der Waals surface area contributed by atoms with E-state index < -0.39 is 0 Å². The zero-order valence-electron chi connectivity index (χ0n) is 9.40. The molecule has 0 aromatic heterocycles. The first-order valence-electron chi connectivity index (χ1n) is 5.61. The third-order valence-corrected chi connectivity index (χ3v) is 3.43. The predicted molar refractivity (Wildman–Crippen MR) is 65.8 cm³/mol. The summed E-state index contributed by atoms with van der Waals surface area (Å²) in [5, 5.41) is 0.324. The Bertz CT molecular complexity index is 359. The van der Waals surface area contributed by atoms with Gasteiger partial charge in [0.1, 0.15) is 0 Å². The second kappa shape index (κ2) is 4.88. The molecule has 0 unspecified atom stereocenters. The van der Waals surface area contributed by atoms with Crippen molar-refractivity contribution < 1.29 is 4.79 Å². The van der Waals surface area contributed by atoms with E-state index in [-0.39, 0.29) is 5.91 Å². The summed E-state index contributed by atoms with van der Waals surface area (Å²) in [6.45, 7) is 0.816. The minimum atomic E-state index is 0.0959. The lowest BCUT2D eigenvalue weighted by Crippen LogP contribution is -2.37. The van der Waals surface area contributed by atoms with Gasteiger partial charge in [0.2, 0.25) is 0 Å². The molecule has 2 nitrogen and oxygen atoms in total. The van der Waals surface area contributed by atoms with Crippen LogP contribution in [0.3, 0.4) is 0 Å². The van der Waals surface area contributed by atoms with E-state index in [1.165, 1.54) is 0 Å². The fraction of sp³-hybridized carbons (Fsp3) is 0.462. The summed E-state index contributed by atoms with van der Waals surface area (Å²) in [6, 6.07) is 9.40. The van der Waals surface area contributed by atoms with Crippen LogP contribution >= 0.6 is 11.6 Å². The maximum absolute atomic E-state index is 12.0. The lowest BCUT2D eigenvalue weighted by atomic mass is 9.84. The second-order valence-electron chi connectivity index (χ2n) is 4.49. The van der Waals surface area contributed by atoms with Crippen molar-refractivity contribution in [3.8, 4) is 0 Å². The lowest BCUT2D eigenvalue weighted by Gasteiger charge is -2.34. The van der Waals surface area contributed by atoms with Crippen LogP contribution in [0.5, 0.6) is 0 Å². The van der Waals surface area contributed by atoms with E-state index in [0.717, 1.165) is 24.9 Å². The number of amides is 1. The quantitative estimate of drug-likeness (QED) is 0.741. The van der Waals surface area contributed by atoms with Crippen molar-refractivity contribution >= 4 is 17.5 Å². The summed E-state index contributed by atoms with van der Waals surface area (Å²) in [5.74, 6) is 0.679. The summed E-state index contributed by atoms with van der Waals surface area (Å²) in [4.78, 5) is 13.8. The van der Waals surface area contributed by atoms with Crippen molar-refractivity contribution in [1.29, 1.82) is 0 Å². The second-order valence-corrected chi connectivity index (χ2v) is 5.10. The van der Waals surface area contributed by atoms with Crippen LogP contribution in [0.2, 0.25) is 0 Å². The van der Waals surface area contributed by atoms with E-state index in [1.54, 1.807) is 4.90 Å². The number of benzene rings is 1. The van der Waals surface area contributed by atoms with Crippen LogP contribution < -0.4 is 0 Å². The Hall–Kier alpha value is -1.02. The molecule has 0 N–H and O–H groups in total. The number of rotatable bonds is 3. The van der Waals surface area contributed by atoms with E-state index in [9.17, 15) is 4.79 Å². The number of carbonyl (C=O) groups is 1. The van der Waals surface area contributed by atoms with Crippen LogP contribution in [0.4, 0.5) is 0 Å². The van der Waals surface area contributed by atoms with E-state index in [2.05, 4.69) is 0 Å². The molecule has 0 bridgehead atoms. The molecule has 0 spiro atoms. The summed E-state index contributed by atoms with van der Waals surface area (Å²) in [6.07, 6.45) is 2.07. The van der Waals surface area contributed by atoms with Gasteiger partial charge in [-0.25, -0.2) is 0 Å². The van der Waals surface area contributed by atoms with Crippen molar-refractivity contribution in [3.63, 3.8) is 0 Å². The number of alkyl halides is 1. The van der Waals surface area contributed by atoms with Gasteiger partial charge < -0.3 is 4.90 Å². The average molecular weight is 238 g/mol. The summed E-state index contributed by atoms with van der Waals surface area (Å²) < 4.78 is 0. The molecule has 1 saturated carbocycles. The lowest BCUT2D eigenvalue weighted by molar-refractivity contribution is 0.0747. The molecule has 0 saturated heterocycles.